The molecule has 2 aromatic carbocycles. The van der Waals surface area contributed by atoms with Gasteiger partial charge in [-0.05, 0) is 24.3 Å². The maximum absolute atomic E-state index is 11.9. The number of amides is 2. The molecule has 0 heterocycles. The van der Waals surface area contributed by atoms with E-state index >= 15 is 0 Å². The van der Waals surface area contributed by atoms with Crippen LogP contribution in [0.4, 0.5) is 11.4 Å². The van der Waals surface area contributed by atoms with Crippen molar-refractivity contribution in [3.05, 3.63) is 64.2 Å². The molecule has 0 atom stereocenters. The van der Waals surface area contributed by atoms with Crippen molar-refractivity contribution in [2.24, 2.45) is 0 Å². The lowest BCUT2D eigenvalue weighted by atomic mass is 10.2. The van der Waals surface area contributed by atoms with Crippen LogP contribution in [-0.4, -0.2) is 30.4 Å². The molecule has 0 aliphatic rings. The number of nitrogens with zero attached hydrogens (tertiary/aromatic N) is 1. The molecule has 0 spiro atoms. The molecule has 130 valence electrons. The van der Waals surface area contributed by atoms with Gasteiger partial charge in [-0.25, -0.2) is 0 Å². The van der Waals surface area contributed by atoms with Crippen LogP contribution in [0, 0.1) is 10.1 Å². The first-order chi connectivity index (χ1) is 12.0. The molecule has 0 unspecified atom stereocenters. The molecule has 0 saturated heterocycles. The second-order valence-corrected chi connectivity index (χ2v) is 5.06. The van der Waals surface area contributed by atoms with Gasteiger partial charge in [0.2, 0.25) is 5.91 Å². The van der Waals surface area contributed by atoms with E-state index in [9.17, 15) is 19.7 Å². The fraction of sp³-hybridized carbons (Fsp3) is 0.176. The monoisotopic (exact) mass is 343 g/mol. The van der Waals surface area contributed by atoms with Crippen LogP contribution in [0.1, 0.15) is 16.8 Å². The van der Waals surface area contributed by atoms with Crippen molar-refractivity contribution in [3.63, 3.8) is 0 Å². The van der Waals surface area contributed by atoms with E-state index in [1.54, 1.807) is 30.3 Å². The Morgan fingerprint density at radius 2 is 1.88 bits per heavy atom. The molecule has 2 N–H and O–H groups in total. The summed E-state index contributed by atoms with van der Waals surface area (Å²) in [7, 11) is 1.40. The Bertz CT molecular complexity index is 777. The minimum absolute atomic E-state index is 0.0121. The first-order valence-corrected chi connectivity index (χ1v) is 7.47. The van der Waals surface area contributed by atoms with Crippen LogP contribution < -0.4 is 15.4 Å². The number of nitrogens with one attached hydrogen (secondary N) is 2. The first-order valence-electron chi connectivity index (χ1n) is 7.47. The topological polar surface area (TPSA) is 111 Å². The summed E-state index contributed by atoms with van der Waals surface area (Å²) in [5.74, 6) is -0.412. The van der Waals surface area contributed by atoms with E-state index in [1.165, 1.54) is 25.3 Å². The minimum atomic E-state index is -0.602. The Balaban J connectivity index is 1.90. The van der Waals surface area contributed by atoms with Gasteiger partial charge in [-0.2, -0.15) is 0 Å². The number of nitro benzene ring substituents is 1. The van der Waals surface area contributed by atoms with Crippen molar-refractivity contribution in [3.8, 4) is 5.75 Å². The van der Waals surface area contributed by atoms with Crippen LogP contribution in [0.15, 0.2) is 48.5 Å². The van der Waals surface area contributed by atoms with Crippen LogP contribution in [-0.2, 0) is 4.79 Å². The lowest BCUT2D eigenvalue weighted by Gasteiger charge is -2.08. The average Bonchev–Trinajstić information content (AvgIpc) is 2.62. The lowest BCUT2D eigenvalue weighted by molar-refractivity contribution is -0.384. The van der Waals surface area contributed by atoms with Crippen molar-refractivity contribution in [1.82, 2.24) is 5.32 Å². The van der Waals surface area contributed by atoms with E-state index < -0.39 is 10.8 Å². The molecule has 2 aromatic rings. The Hall–Kier alpha value is -3.42. The molecule has 0 bridgehead atoms. The van der Waals surface area contributed by atoms with E-state index in [1.807, 2.05) is 0 Å². The van der Waals surface area contributed by atoms with Gasteiger partial charge < -0.3 is 15.4 Å². The summed E-state index contributed by atoms with van der Waals surface area (Å²) < 4.78 is 4.93. The van der Waals surface area contributed by atoms with Gasteiger partial charge in [0.1, 0.15) is 11.4 Å². The third-order valence-corrected chi connectivity index (χ3v) is 3.35. The zero-order valence-corrected chi connectivity index (χ0v) is 13.5. The number of anilines is 1. The maximum atomic E-state index is 11.9. The summed E-state index contributed by atoms with van der Waals surface area (Å²) in [5.41, 5.74) is 0.305. The highest BCUT2D eigenvalue weighted by Gasteiger charge is 2.17. The molecule has 8 nitrogen and oxygen atoms in total. The number of carbonyl (C=O) groups excluding carboxylic acids is 2. The highest BCUT2D eigenvalue weighted by Crippen LogP contribution is 2.28. The Kier molecular flexibility index (Phi) is 6.05. The minimum Gasteiger partial charge on any atom is -0.496 e. The highest BCUT2D eigenvalue weighted by atomic mass is 16.6. The molecule has 25 heavy (non-hydrogen) atoms. The quantitative estimate of drug-likeness (QED) is 0.592. The van der Waals surface area contributed by atoms with Crippen LogP contribution in [0.5, 0.6) is 5.75 Å². The van der Waals surface area contributed by atoms with Crippen LogP contribution in [0.2, 0.25) is 0 Å². The molecule has 0 aliphatic carbocycles. The molecule has 0 aromatic heterocycles. The number of carbonyl (C=O) groups is 2. The molecule has 0 fully saturated rings. The molecular formula is C17H17N3O5. The van der Waals surface area contributed by atoms with Gasteiger partial charge in [0.15, 0.2) is 0 Å². The summed E-state index contributed by atoms with van der Waals surface area (Å²) in [6.07, 6.45) is -0.0121. The predicted molar refractivity (Wildman–Crippen MR) is 91.7 cm³/mol. The number of benzene rings is 2. The zero-order chi connectivity index (χ0) is 18.2. The lowest BCUT2D eigenvalue weighted by Crippen LogP contribution is -2.27. The Morgan fingerprint density at radius 3 is 2.52 bits per heavy atom. The third kappa shape index (κ3) is 5.03. The summed E-state index contributed by atoms with van der Waals surface area (Å²) in [6, 6.07) is 12.7. The van der Waals surface area contributed by atoms with Crippen molar-refractivity contribution in [1.29, 1.82) is 0 Å². The van der Waals surface area contributed by atoms with Gasteiger partial charge in [0.25, 0.3) is 11.6 Å². The SMILES string of the molecule is COc1ccc(NC(=O)CCNC(=O)c2ccccc2)c([N+](=O)[O-])c1. The number of methoxy groups -OCH3 is 1. The smallest absolute Gasteiger partial charge is 0.296 e. The zero-order valence-electron chi connectivity index (χ0n) is 13.5. The normalized spacial score (nSPS) is 9.96. The van der Waals surface area contributed by atoms with Gasteiger partial charge in [-0.15, -0.1) is 0 Å². The first kappa shape index (κ1) is 17.9. The van der Waals surface area contributed by atoms with Gasteiger partial charge in [0, 0.05) is 18.5 Å². The molecule has 0 aliphatic heterocycles. The van der Waals surface area contributed by atoms with Crippen LogP contribution in [0.25, 0.3) is 0 Å². The molecule has 0 saturated carbocycles. The van der Waals surface area contributed by atoms with Crippen LogP contribution in [0.3, 0.4) is 0 Å². The molecule has 2 rings (SSSR count). The summed E-state index contributed by atoms with van der Waals surface area (Å²) in [6.45, 7) is 0.115. The second kappa shape index (κ2) is 8.44. The Morgan fingerprint density at radius 1 is 1.16 bits per heavy atom. The fourth-order valence-electron chi connectivity index (χ4n) is 2.09. The fourth-order valence-corrected chi connectivity index (χ4v) is 2.09. The van der Waals surface area contributed by atoms with Gasteiger partial charge >= 0.3 is 0 Å². The highest BCUT2D eigenvalue weighted by molar-refractivity contribution is 5.96. The number of rotatable bonds is 7. The van der Waals surface area contributed by atoms with Crippen molar-refractivity contribution < 1.29 is 19.2 Å². The van der Waals surface area contributed by atoms with E-state index in [0.29, 0.717) is 11.3 Å². The maximum Gasteiger partial charge on any atom is 0.296 e. The van der Waals surface area contributed by atoms with E-state index in [-0.39, 0.29) is 30.2 Å². The molecule has 2 amide bonds. The average molecular weight is 343 g/mol. The number of ether oxygens (including phenoxy) is 1. The summed E-state index contributed by atoms with van der Waals surface area (Å²) in [4.78, 5) is 34.3. The summed E-state index contributed by atoms with van der Waals surface area (Å²) in [5, 5.41) is 16.2. The van der Waals surface area contributed by atoms with Crippen molar-refractivity contribution >= 4 is 23.2 Å². The summed E-state index contributed by atoms with van der Waals surface area (Å²) >= 11 is 0. The number of hydrogen-bond acceptors (Lipinski definition) is 5. The van der Waals surface area contributed by atoms with Gasteiger partial charge in [0.05, 0.1) is 18.1 Å². The third-order valence-electron chi connectivity index (χ3n) is 3.35. The molecule has 0 radical (unpaired) electrons. The number of nitro groups is 1. The van der Waals surface area contributed by atoms with Crippen molar-refractivity contribution in [2.45, 2.75) is 6.42 Å². The largest absolute Gasteiger partial charge is 0.496 e. The van der Waals surface area contributed by atoms with E-state index in [2.05, 4.69) is 10.6 Å². The Labute approximate surface area is 144 Å². The molecule has 8 heteroatoms. The standard InChI is InChI=1S/C17H17N3O5/c1-25-13-7-8-14(15(11-13)20(23)24)19-16(21)9-10-18-17(22)12-5-3-2-4-6-12/h2-8,11H,9-10H2,1H3,(H,18,22)(H,19,21). The van der Waals surface area contributed by atoms with E-state index in [0.717, 1.165) is 0 Å². The second-order valence-electron chi connectivity index (χ2n) is 5.06. The number of hydrogen-bond donors (Lipinski definition) is 2. The van der Waals surface area contributed by atoms with Crippen LogP contribution >= 0.6 is 0 Å². The molecular weight excluding hydrogens is 326 g/mol. The predicted octanol–water partition coefficient (Wildman–Crippen LogP) is 2.36. The van der Waals surface area contributed by atoms with Crippen molar-refractivity contribution in [2.75, 3.05) is 19.0 Å². The van der Waals surface area contributed by atoms with Gasteiger partial charge in [-0.3, -0.25) is 19.7 Å². The van der Waals surface area contributed by atoms with Gasteiger partial charge in [-0.1, -0.05) is 18.2 Å². The van der Waals surface area contributed by atoms with E-state index in [4.69, 9.17) is 4.74 Å².